The highest BCUT2D eigenvalue weighted by atomic mass is 16.7. The van der Waals surface area contributed by atoms with Gasteiger partial charge in [-0.25, -0.2) is 4.79 Å². The second kappa shape index (κ2) is 5.44. The van der Waals surface area contributed by atoms with Crippen LogP contribution in [0.15, 0.2) is 12.1 Å². The van der Waals surface area contributed by atoms with Gasteiger partial charge in [-0.3, -0.25) is 4.79 Å². The van der Waals surface area contributed by atoms with Crippen LogP contribution in [0, 0.1) is 5.92 Å². The Labute approximate surface area is 104 Å². The Morgan fingerprint density at radius 2 is 1.78 bits per heavy atom. The molecule has 0 bridgehead atoms. The number of hydrogen-bond donors (Lipinski definition) is 3. The van der Waals surface area contributed by atoms with Crippen molar-refractivity contribution in [3.63, 3.8) is 0 Å². The van der Waals surface area contributed by atoms with E-state index in [1.54, 1.807) is 13.8 Å². The molecule has 1 amide bonds. The van der Waals surface area contributed by atoms with Crippen LogP contribution in [0.1, 0.15) is 20.8 Å². The fourth-order valence-corrected chi connectivity index (χ4v) is 1.36. The average Bonchev–Trinajstić information content (AvgIpc) is 2.56. The smallest absolute Gasteiger partial charge is 0.355 e. The normalized spacial score (nSPS) is 12.2. The van der Waals surface area contributed by atoms with E-state index in [1.165, 1.54) is 19.1 Å². The Morgan fingerprint density at radius 1 is 1.28 bits per heavy atom. The van der Waals surface area contributed by atoms with E-state index in [2.05, 4.69) is 5.32 Å². The molecule has 0 fully saturated rings. The van der Waals surface area contributed by atoms with Crippen molar-refractivity contribution in [3.05, 3.63) is 12.1 Å². The van der Waals surface area contributed by atoms with Gasteiger partial charge in [-0.05, 0) is 5.92 Å². The molecule has 0 aliphatic carbocycles. The second-order valence-corrected chi connectivity index (χ2v) is 4.18. The molecule has 18 heavy (non-hydrogen) atoms. The minimum absolute atomic E-state index is 0.193. The summed E-state index contributed by atoms with van der Waals surface area (Å²) in [7, 11) is 0. The fourth-order valence-electron chi connectivity index (χ4n) is 1.36. The minimum atomic E-state index is -0.858. The maximum atomic E-state index is 11.8. The number of carbonyl (C=O) groups is 2. The van der Waals surface area contributed by atoms with Gasteiger partial charge < -0.3 is 20.4 Å². The molecule has 1 heterocycles. The highest BCUT2D eigenvalue weighted by molar-refractivity contribution is 5.83. The molecule has 7 nitrogen and oxygen atoms in total. The summed E-state index contributed by atoms with van der Waals surface area (Å²) in [4.78, 5) is 27.6. The van der Waals surface area contributed by atoms with Crippen LogP contribution < -0.4 is 10.2 Å². The Bertz CT molecular complexity index is 433. The van der Waals surface area contributed by atoms with Gasteiger partial charge in [0.2, 0.25) is 17.7 Å². The predicted octanol–water partition coefficient (Wildman–Crippen LogP) is 0.0152. The van der Waals surface area contributed by atoms with Crippen LogP contribution in [0.4, 0.5) is 0 Å². The van der Waals surface area contributed by atoms with Gasteiger partial charge in [0.1, 0.15) is 6.04 Å². The van der Waals surface area contributed by atoms with E-state index in [0.29, 0.717) is 4.73 Å². The number of carbonyl (C=O) groups excluding carboxylic acids is 2. The molecule has 3 N–H and O–H groups in total. The number of aromatic nitrogens is 1. The van der Waals surface area contributed by atoms with Crippen molar-refractivity contribution in [3.8, 4) is 11.8 Å². The van der Waals surface area contributed by atoms with Gasteiger partial charge in [0.15, 0.2) is 0 Å². The number of nitrogens with one attached hydrogen (secondary N) is 1. The number of rotatable bonds is 4. The summed E-state index contributed by atoms with van der Waals surface area (Å²) in [5.41, 5.74) is 0. The molecule has 1 aromatic heterocycles. The maximum absolute atomic E-state index is 11.8. The number of amides is 1. The van der Waals surface area contributed by atoms with Crippen molar-refractivity contribution < 1.29 is 24.6 Å². The molecular formula is C11H16N2O5. The first-order chi connectivity index (χ1) is 8.32. The Balaban J connectivity index is 2.82. The third-order valence-electron chi connectivity index (χ3n) is 2.26. The van der Waals surface area contributed by atoms with E-state index < -0.39 is 23.8 Å². The number of nitrogens with zero attached hydrogens (tertiary/aromatic N) is 1. The molecule has 0 aliphatic rings. The van der Waals surface area contributed by atoms with Gasteiger partial charge in [-0.1, -0.05) is 13.8 Å². The Kier molecular flexibility index (Phi) is 4.19. The van der Waals surface area contributed by atoms with E-state index in [9.17, 15) is 19.8 Å². The second-order valence-electron chi connectivity index (χ2n) is 4.18. The first kappa shape index (κ1) is 13.9. The standard InChI is InChI=1S/C11H16N2O5/c1-6(2)10(12-7(3)14)11(17)18-13-8(15)4-5-9(13)16/h4-6,10,15-16H,1-3H3,(H,12,14). The highest BCUT2D eigenvalue weighted by Crippen LogP contribution is 2.19. The SMILES string of the molecule is CC(=O)NC(C(=O)On1c(O)ccc1O)C(C)C. The summed E-state index contributed by atoms with van der Waals surface area (Å²) in [5, 5.41) is 21.1. The summed E-state index contributed by atoms with van der Waals surface area (Å²) in [6.45, 7) is 4.75. The van der Waals surface area contributed by atoms with Crippen molar-refractivity contribution in [1.82, 2.24) is 10.0 Å². The third kappa shape index (κ3) is 3.16. The van der Waals surface area contributed by atoms with E-state index in [1.807, 2.05) is 0 Å². The summed E-state index contributed by atoms with van der Waals surface area (Å²) in [5.74, 6) is -2.16. The van der Waals surface area contributed by atoms with E-state index in [-0.39, 0.29) is 11.8 Å². The summed E-state index contributed by atoms with van der Waals surface area (Å²) < 4.78 is 0.583. The lowest BCUT2D eigenvalue weighted by Gasteiger charge is -2.19. The lowest BCUT2D eigenvalue weighted by molar-refractivity contribution is -0.150. The van der Waals surface area contributed by atoms with E-state index >= 15 is 0 Å². The Hall–Kier alpha value is -2.18. The molecule has 0 aromatic carbocycles. The minimum Gasteiger partial charge on any atom is -0.492 e. The molecule has 100 valence electrons. The first-order valence-corrected chi connectivity index (χ1v) is 5.42. The van der Waals surface area contributed by atoms with E-state index in [0.717, 1.165) is 0 Å². The van der Waals surface area contributed by atoms with Gasteiger partial charge in [-0.2, -0.15) is 0 Å². The molecule has 0 radical (unpaired) electrons. The van der Waals surface area contributed by atoms with Crippen molar-refractivity contribution in [1.29, 1.82) is 0 Å². The van der Waals surface area contributed by atoms with Crippen LogP contribution in [-0.2, 0) is 9.59 Å². The Morgan fingerprint density at radius 3 is 2.17 bits per heavy atom. The van der Waals surface area contributed by atoms with E-state index in [4.69, 9.17) is 4.84 Å². The van der Waals surface area contributed by atoms with Crippen LogP contribution in [0.5, 0.6) is 11.8 Å². The zero-order valence-electron chi connectivity index (χ0n) is 10.4. The number of aromatic hydroxyl groups is 2. The van der Waals surface area contributed by atoms with Crippen LogP contribution >= 0.6 is 0 Å². The quantitative estimate of drug-likeness (QED) is 0.704. The van der Waals surface area contributed by atoms with Crippen LogP contribution in [0.3, 0.4) is 0 Å². The summed E-state index contributed by atoms with van der Waals surface area (Å²) in [6.07, 6.45) is 0. The largest absolute Gasteiger partial charge is 0.492 e. The first-order valence-electron chi connectivity index (χ1n) is 5.42. The van der Waals surface area contributed by atoms with Crippen molar-refractivity contribution >= 4 is 11.9 Å². The maximum Gasteiger partial charge on any atom is 0.355 e. The average molecular weight is 256 g/mol. The fraction of sp³-hybridized carbons (Fsp3) is 0.455. The molecular weight excluding hydrogens is 240 g/mol. The van der Waals surface area contributed by atoms with Crippen LogP contribution in [0.25, 0.3) is 0 Å². The third-order valence-corrected chi connectivity index (χ3v) is 2.26. The van der Waals surface area contributed by atoms with Crippen LogP contribution in [0.2, 0.25) is 0 Å². The van der Waals surface area contributed by atoms with Gasteiger partial charge in [0, 0.05) is 19.1 Å². The molecule has 0 saturated heterocycles. The molecule has 1 atom stereocenters. The van der Waals surface area contributed by atoms with Gasteiger partial charge in [0.25, 0.3) is 0 Å². The van der Waals surface area contributed by atoms with Crippen molar-refractivity contribution in [2.24, 2.45) is 5.92 Å². The molecule has 0 saturated carbocycles. The number of hydrogen-bond acceptors (Lipinski definition) is 5. The predicted molar refractivity (Wildman–Crippen MR) is 61.8 cm³/mol. The van der Waals surface area contributed by atoms with Gasteiger partial charge in [-0.15, -0.1) is 4.73 Å². The highest BCUT2D eigenvalue weighted by Gasteiger charge is 2.26. The molecule has 1 aromatic rings. The van der Waals surface area contributed by atoms with Crippen LogP contribution in [-0.4, -0.2) is 32.9 Å². The molecule has 7 heteroatoms. The zero-order chi connectivity index (χ0) is 13.9. The van der Waals surface area contributed by atoms with Gasteiger partial charge in [0.05, 0.1) is 0 Å². The lowest BCUT2D eigenvalue weighted by atomic mass is 10.1. The molecule has 1 unspecified atom stereocenters. The summed E-state index contributed by atoms with van der Waals surface area (Å²) >= 11 is 0. The lowest BCUT2D eigenvalue weighted by Crippen LogP contribution is -2.47. The molecule has 0 spiro atoms. The molecule has 0 aliphatic heterocycles. The van der Waals surface area contributed by atoms with Crippen molar-refractivity contribution in [2.45, 2.75) is 26.8 Å². The van der Waals surface area contributed by atoms with Crippen molar-refractivity contribution in [2.75, 3.05) is 0 Å². The molecule has 1 rings (SSSR count). The topological polar surface area (TPSA) is 101 Å². The van der Waals surface area contributed by atoms with Gasteiger partial charge >= 0.3 is 5.97 Å². The summed E-state index contributed by atoms with van der Waals surface area (Å²) in [6, 6.07) is 1.49. The monoisotopic (exact) mass is 256 g/mol. The zero-order valence-corrected chi connectivity index (χ0v) is 10.4.